The van der Waals surface area contributed by atoms with Crippen molar-refractivity contribution in [2.24, 2.45) is 5.92 Å². The van der Waals surface area contributed by atoms with Gasteiger partial charge in [0.1, 0.15) is 24.0 Å². The molecule has 0 amide bonds. The lowest BCUT2D eigenvalue weighted by atomic mass is 10.0. The zero-order chi connectivity index (χ0) is 20.1. The van der Waals surface area contributed by atoms with E-state index < -0.39 is 24.0 Å². The van der Waals surface area contributed by atoms with Crippen molar-refractivity contribution in [2.75, 3.05) is 0 Å². The fraction of sp³-hybridized carbons (Fsp3) is 0.450. The van der Waals surface area contributed by atoms with Gasteiger partial charge >= 0.3 is 11.9 Å². The number of aryl methyl sites for hydroxylation is 2. The number of aromatic nitrogens is 1. The second-order valence-corrected chi connectivity index (χ2v) is 7.28. The maximum absolute atomic E-state index is 11.6. The number of nitrogens with one attached hydrogen (secondary N) is 1. The Balaban J connectivity index is 2.16. The molecule has 0 aliphatic carbocycles. The van der Waals surface area contributed by atoms with Crippen molar-refractivity contribution in [3.8, 4) is 11.3 Å². The van der Waals surface area contributed by atoms with Crippen LogP contribution < -0.4 is 5.32 Å². The van der Waals surface area contributed by atoms with Gasteiger partial charge in [-0.05, 0) is 38.3 Å². The molecule has 2 aromatic rings. The molecule has 0 bridgehead atoms. The molecule has 27 heavy (non-hydrogen) atoms. The molecule has 3 N–H and O–H groups in total. The molecule has 1 heterocycles. The quantitative estimate of drug-likeness (QED) is 0.618. The minimum Gasteiger partial charge on any atom is -0.480 e. The Morgan fingerprint density at radius 3 is 2.19 bits per heavy atom. The van der Waals surface area contributed by atoms with Gasteiger partial charge in [0, 0.05) is 5.56 Å². The lowest BCUT2D eigenvalue weighted by Gasteiger charge is -2.20. The van der Waals surface area contributed by atoms with Crippen LogP contribution in [-0.2, 0) is 16.0 Å². The first-order chi connectivity index (χ1) is 12.7. The predicted molar refractivity (Wildman–Crippen MR) is 101 cm³/mol. The Kier molecular flexibility index (Phi) is 6.74. The summed E-state index contributed by atoms with van der Waals surface area (Å²) >= 11 is 0. The number of hydrogen-bond acceptors (Lipinski definition) is 5. The maximum atomic E-state index is 11.6. The van der Waals surface area contributed by atoms with Gasteiger partial charge in [-0.25, -0.2) is 4.98 Å². The number of oxazole rings is 1. The van der Waals surface area contributed by atoms with Gasteiger partial charge in [-0.15, -0.1) is 0 Å². The second-order valence-electron chi connectivity index (χ2n) is 7.28. The van der Waals surface area contributed by atoms with E-state index in [0.717, 1.165) is 16.7 Å². The first kappa shape index (κ1) is 20.6. The number of carboxylic acids is 2. The van der Waals surface area contributed by atoms with E-state index in [-0.39, 0.29) is 18.2 Å². The van der Waals surface area contributed by atoms with E-state index in [9.17, 15) is 19.8 Å². The van der Waals surface area contributed by atoms with E-state index in [1.807, 2.05) is 39.8 Å². The Hall–Kier alpha value is -2.67. The third kappa shape index (κ3) is 5.92. The standard InChI is InChI=1S/C20H26N2O5/c1-11(2)5-15(19(23)24)21-16(20(25)26)9-18-22-17(10-27-18)14-7-12(3)6-13(4)8-14/h6-8,10-11,15-16,21H,5,9H2,1-4H3,(H,23,24)(H,25,26). The van der Waals surface area contributed by atoms with Crippen molar-refractivity contribution in [3.63, 3.8) is 0 Å². The van der Waals surface area contributed by atoms with Crippen LogP contribution in [0.25, 0.3) is 11.3 Å². The molecule has 0 spiro atoms. The smallest absolute Gasteiger partial charge is 0.321 e. The van der Waals surface area contributed by atoms with E-state index in [0.29, 0.717) is 12.1 Å². The average Bonchev–Trinajstić information content (AvgIpc) is 3.00. The van der Waals surface area contributed by atoms with Crippen LogP contribution in [0, 0.1) is 19.8 Å². The molecule has 0 aliphatic heterocycles. The summed E-state index contributed by atoms with van der Waals surface area (Å²) in [6.07, 6.45) is 1.78. The lowest BCUT2D eigenvalue weighted by Crippen LogP contribution is -2.48. The summed E-state index contributed by atoms with van der Waals surface area (Å²) in [5, 5.41) is 21.5. The molecular weight excluding hydrogens is 348 g/mol. The highest BCUT2D eigenvalue weighted by atomic mass is 16.4. The van der Waals surface area contributed by atoms with Crippen molar-refractivity contribution in [1.82, 2.24) is 10.3 Å². The van der Waals surface area contributed by atoms with Crippen LogP contribution in [0.15, 0.2) is 28.9 Å². The average molecular weight is 374 g/mol. The largest absolute Gasteiger partial charge is 0.480 e. The van der Waals surface area contributed by atoms with Gasteiger partial charge in [0.25, 0.3) is 0 Å². The number of carboxylic acid groups (broad SMARTS) is 2. The molecule has 1 aromatic heterocycles. The number of rotatable bonds is 9. The molecule has 7 heteroatoms. The van der Waals surface area contributed by atoms with Crippen molar-refractivity contribution >= 4 is 11.9 Å². The second kappa shape index (κ2) is 8.81. The Morgan fingerprint density at radius 2 is 1.67 bits per heavy atom. The molecule has 2 unspecified atom stereocenters. The van der Waals surface area contributed by atoms with E-state index in [1.54, 1.807) is 0 Å². The number of carbonyl (C=O) groups is 2. The summed E-state index contributed by atoms with van der Waals surface area (Å²) in [6.45, 7) is 7.75. The minimum atomic E-state index is -1.14. The lowest BCUT2D eigenvalue weighted by molar-refractivity contribution is -0.143. The highest BCUT2D eigenvalue weighted by Crippen LogP contribution is 2.22. The van der Waals surface area contributed by atoms with E-state index in [2.05, 4.69) is 16.4 Å². The van der Waals surface area contributed by atoms with Crippen molar-refractivity contribution in [1.29, 1.82) is 0 Å². The van der Waals surface area contributed by atoms with Gasteiger partial charge < -0.3 is 14.6 Å². The van der Waals surface area contributed by atoms with E-state index in [1.165, 1.54) is 6.26 Å². The maximum Gasteiger partial charge on any atom is 0.321 e. The molecule has 0 aliphatic rings. The van der Waals surface area contributed by atoms with E-state index in [4.69, 9.17) is 4.42 Å². The normalized spacial score (nSPS) is 13.5. The Bertz CT molecular complexity index is 792. The molecule has 1 aromatic carbocycles. The van der Waals surface area contributed by atoms with Gasteiger partial charge in [-0.2, -0.15) is 0 Å². The van der Waals surface area contributed by atoms with Gasteiger partial charge in [0.15, 0.2) is 5.89 Å². The zero-order valence-corrected chi connectivity index (χ0v) is 16.0. The zero-order valence-electron chi connectivity index (χ0n) is 16.0. The van der Waals surface area contributed by atoms with Crippen molar-refractivity contribution < 1.29 is 24.2 Å². The molecule has 2 rings (SSSR count). The van der Waals surface area contributed by atoms with Gasteiger partial charge in [-0.1, -0.05) is 31.0 Å². The SMILES string of the molecule is Cc1cc(C)cc(-c2coc(CC(NC(CC(C)C)C(=O)O)C(=O)O)n2)c1. The van der Waals surface area contributed by atoms with Crippen LogP contribution >= 0.6 is 0 Å². The van der Waals surface area contributed by atoms with Crippen LogP contribution in [0.1, 0.15) is 37.3 Å². The van der Waals surface area contributed by atoms with Crippen LogP contribution in [-0.4, -0.2) is 39.2 Å². The first-order valence-electron chi connectivity index (χ1n) is 8.90. The Labute approximate surface area is 158 Å². The molecule has 0 saturated carbocycles. The summed E-state index contributed by atoms with van der Waals surface area (Å²) in [5.41, 5.74) is 3.71. The third-order valence-corrected chi connectivity index (χ3v) is 4.15. The van der Waals surface area contributed by atoms with E-state index >= 15 is 0 Å². The van der Waals surface area contributed by atoms with Crippen molar-refractivity contribution in [3.05, 3.63) is 41.5 Å². The summed E-state index contributed by atoms with van der Waals surface area (Å²) in [6, 6.07) is 3.96. The number of benzene rings is 1. The summed E-state index contributed by atoms with van der Waals surface area (Å²) < 4.78 is 5.44. The van der Waals surface area contributed by atoms with Gasteiger partial charge in [0.05, 0.1) is 6.42 Å². The molecule has 7 nitrogen and oxygen atoms in total. The van der Waals surface area contributed by atoms with Gasteiger partial charge in [0.2, 0.25) is 0 Å². The fourth-order valence-corrected chi connectivity index (χ4v) is 3.01. The first-order valence-corrected chi connectivity index (χ1v) is 8.90. The Morgan fingerprint density at radius 1 is 1.07 bits per heavy atom. The number of hydrogen-bond donors (Lipinski definition) is 3. The fourth-order valence-electron chi connectivity index (χ4n) is 3.01. The van der Waals surface area contributed by atoms with Crippen LogP contribution in [0.4, 0.5) is 0 Å². The molecular formula is C20H26N2O5. The van der Waals surface area contributed by atoms with Crippen LogP contribution in [0.5, 0.6) is 0 Å². The molecule has 0 saturated heterocycles. The highest BCUT2D eigenvalue weighted by molar-refractivity contribution is 5.77. The topological polar surface area (TPSA) is 113 Å². The van der Waals surface area contributed by atoms with Crippen LogP contribution in [0.2, 0.25) is 0 Å². The van der Waals surface area contributed by atoms with Crippen LogP contribution in [0.3, 0.4) is 0 Å². The monoisotopic (exact) mass is 374 g/mol. The molecule has 2 atom stereocenters. The van der Waals surface area contributed by atoms with Gasteiger partial charge in [-0.3, -0.25) is 14.9 Å². The molecule has 0 fully saturated rings. The highest BCUT2D eigenvalue weighted by Gasteiger charge is 2.28. The summed E-state index contributed by atoms with van der Waals surface area (Å²) in [7, 11) is 0. The number of nitrogens with zero attached hydrogens (tertiary/aromatic N) is 1. The summed E-state index contributed by atoms with van der Waals surface area (Å²) in [4.78, 5) is 27.4. The molecule has 146 valence electrons. The van der Waals surface area contributed by atoms with Crippen molar-refractivity contribution in [2.45, 2.75) is 52.6 Å². The molecule has 0 radical (unpaired) electrons. The number of aliphatic carboxylic acids is 2. The predicted octanol–water partition coefficient (Wildman–Crippen LogP) is 3.04. The minimum absolute atomic E-state index is 0.0397. The third-order valence-electron chi connectivity index (χ3n) is 4.15. The summed E-state index contributed by atoms with van der Waals surface area (Å²) in [5.74, 6) is -1.85.